The molecule has 0 unspecified atom stereocenters. The number of hydrogen-bond donors (Lipinski definition) is 1. The van der Waals surface area contributed by atoms with Crippen molar-refractivity contribution < 1.29 is 5.21 Å². The number of oxime groups is 1. The van der Waals surface area contributed by atoms with Crippen LogP contribution >= 0.6 is 0 Å². The zero-order chi connectivity index (χ0) is 6.69. The highest BCUT2D eigenvalue weighted by atomic mass is 16.4. The Kier molecular flexibility index (Phi) is 1.92. The first-order valence-corrected chi connectivity index (χ1v) is 3.28. The second-order valence-electron chi connectivity index (χ2n) is 2.34. The van der Waals surface area contributed by atoms with Gasteiger partial charge in [0.05, 0.1) is 0 Å². The maximum atomic E-state index is 8.34. The van der Waals surface area contributed by atoms with Crippen molar-refractivity contribution in [2.75, 3.05) is 13.1 Å². The van der Waals surface area contributed by atoms with Crippen molar-refractivity contribution in [1.82, 2.24) is 4.90 Å². The third kappa shape index (κ3) is 1.34. The molecule has 1 aliphatic heterocycles. The van der Waals surface area contributed by atoms with E-state index in [0.29, 0.717) is 0 Å². The smallest absolute Gasteiger partial charge is 0.141 e. The van der Waals surface area contributed by atoms with E-state index in [0.717, 1.165) is 18.9 Å². The molecule has 0 aliphatic carbocycles. The average molecular weight is 128 g/mol. The summed E-state index contributed by atoms with van der Waals surface area (Å²) in [4.78, 5) is 2.08. The molecule has 0 aromatic rings. The van der Waals surface area contributed by atoms with Crippen LogP contribution in [0.1, 0.15) is 19.8 Å². The van der Waals surface area contributed by atoms with Gasteiger partial charge in [-0.05, 0) is 19.8 Å². The van der Waals surface area contributed by atoms with Crippen molar-refractivity contribution in [2.24, 2.45) is 5.16 Å². The van der Waals surface area contributed by atoms with Crippen molar-refractivity contribution in [3.63, 3.8) is 0 Å². The van der Waals surface area contributed by atoms with Gasteiger partial charge in [-0.2, -0.15) is 0 Å². The van der Waals surface area contributed by atoms with Gasteiger partial charge in [0.1, 0.15) is 5.84 Å². The summed E-state index contributed by atoms with van der Waals surface area (Å²) in [6.45, 7) is 3.93. The molecule has 0 spiro atoms. The lowest BCUT2D eigenvalue weighted by molar-refractivity contribution is 0.305. The van der Waals surface area contributed by atoms with Gasteiger partial charge in [-0.15, -0.1) is 0 Å². The largest absolute Gasteiger partial charge is 0.409 e. The molecule has 1 saturated heterocycles. The highest BCUT2D eigenvalue weighted by molar-refractivity contribution is 5.79. The van der Waals surface area contributed by atoms with Gasteiger partial charge < -0.3 is 10.1 Å². The molecule has 0 bridgehead atoms. The Balaban J connectivity index is 2.42. The Labute approximate surface area is 55.0 Å². The molecular formula is C6H12N2O. The highest BCUT2D eigenvalue weighted by Gasteiger charge is 2.11. The van der Waals surface area contributed by atoms with E-state index in [-0.39, 0.29) is 0 Å². The van der Waals surface area contributed by atoms with Crippen LogP contribution in [-0.4, -0.2) is 29.0 Å². The highest BCUT2D eigenvalue weighted by Crippen LogP contribution is 2.07. The lowest BCUT2D eigenvalue weighted by Gasteiger charge is -2.13. The first-order valence-electron chi connectivity index (χ1n) is 3.28. The Morgan fingerprint density at radius 3 is 2.44 bits per heavy atom. The Morgan fingerprint density at radius 1 is 1.44 bits per heavy atom. The maximum Gasteiger partial charge on any atom is 0.141 e. The topological polar surface area (TPSA) is 35.8 Å². The van der Waals surface area contributed by atoms with Crippen molar-refractivity contribution in [3.8, 4) is 0 Å². The lowest BCUT2D eigenvalue weighted by atomic mass is 10.4. The standard InChI is InChI=1S/C6H12N2O/c1-6(7-9)8-4-2-3-5-8/h9H,2-5H2,1H3. The van der Waals surface area contributed by atoms with Gasteiger partial charge >= 0.3 is 0 Å². The molecular weight excluding hydrogens is 116 g/mol. The van der Waals surface area contributed by atoms with E-state index >= 15 is 0 Å². The van der Waals surface area contributed by atoms with E-state index in [1.807, 2.05) is 6.92 Å². The van der Waals surface area contributed by atoms with Crippen molar-refractivity contribution in [3.05, 3.63) is 0 Å². The molecule has 52 valence electrons. The normalized spacial score (nSPS) is 21.0. The fourth-order valence-electron chi connectivity index (χ4n) is 1.10. The summed E-state index contributed by atoms with van der Waals surface area (Å²) in [6.07, 6.45) is 2.46. The molecule has 0 radical (unpaired) electrons. The lowest BCUT2D eigenvalue weighted by Crippen LogP contribution is -2.24. The molecule has 0 aromatic carbocycles. The fraction of sp³-hybridized carbons (Fsp3) is 0.833. The maximum absolute atomic E-state index is 8.34. The average Bonchev–Trinajstić information content (AvgIpc) is 2.37. The first-order chi connectivity index (χ1) is 4.34. The molecule has 3 heteroatoms. The molecule has 0 amide bonds. The summed E-state index contributed by atoms with van der Waals surface area (Å²) in [5, 5.41) is 11.5. The second-order valence-corrected chi connectivity index (χ2v) is 2.34. The monoisotopic (exact) mass is 128 g/mol. The quantitative estimate of drug-likeness (QED) is 0.227. The molecule has 1 fully saturated rings. The molecule has 1 aliphatic rings. The van der Waals surface area contributed by atoms with E-state index < -0.39 is 0 Å². The fourth-order valence-corrected chi connectivity index (χ4v) is 1.10. The molecule has 1 N–H and O–H groups in total. The van der Waals surface area contributed by atoms with Gasteiger partial charge in [0, 0.05) is 13.1 Å². The third-order valence-electron chi connectivity index (χ3n) is 1.71. The minimum absolute atomic E-state index is 0.743. The van der Waals surface area contributed by atoms with Crippen LogP contribution in [-0.2, 0) is 0 Å². The van der Waals surface area contributed by atoms with Gasteiger partial charge in [0.2, 0.25) is 0 Å². The molecule has 1 rings (SSSR count). The summed E-state index contributed by atoms with van der Waals surface area (Å²) in [5.41, 5.74) is 0. The predicted octanol–water partition coefficient (Wildman–Crippen LogP) is 0.890. The van der Waals surface area contributed by atoms with Gasteiger partial charge in [-0.1, -0.05) is 5.16 Å². The summed E-state index contributed by atoms with van der Waals surface area (Å²) < 4.78 is 0. The minimum atomic E-state index is 0.743. The number of amidine groups is 1. The number of rotatable bonds is 0. The van der Waals surface area contributed by atoms with Crippen LogP contribution in [0.25, 0.3) is 0 Å². The van der Waals surface area contributed by atoms with E-state index in [1.54, 1.807) is 0 Å². The van der Waals surface area contributed by atoms with Crippen LogP contribution in [0.4, 0.5) is 0 Å². The van der Waals surface area contributed by atoms with Gasteiger partial charge in [0.25, 0.3) is 0 Å². The zero-order valence-electron chi connectivity index (χ0n) is 5.67. The second kappa shape index (κ2) is 2.71. The van der Waals surface area contributed by atoms with Gasteiger partial charge in [-0.25, -0.2) is 0 Å². The van der Waals surface area contributed by atoms with Crippen LogP contribution in [0.2, 0.25) is 0 Å². The van der Waals surface area contributed by atoms with E-state index in [4.69, 9.17) is 5.21 Å². The van der Waals surface area contributed by atoms with Gasteiger partial charge in [0.15, 0.2) is 0 Å². The zero-order valence-corrected chi connectivity index (χ0v) is 5.67. The van der Waals surface area contributed by atoms with Crippen molar-refractivity contribution in [1.29, 1.82) is 0 Å². The molecule has 0 atom stereocenters. The summed E-state index contributed by atoms with van der Waals surface area (Å²) in [7, 11) is 0. The molecule has 0 aromatic heterocycles. The number of nitrogens with zero attached hydrogens (tertiary/aromatic N) is 2. The third-order valence-corrected chi connectivity index (χ3v) is 1.71. The van der Waals surface area contributed by atoms with E-state index in [1.165, 1.54) is 12.8 Å². The van der Waals surface area contributed by atoms with Gasteiger partial charge in [-0.3, -0.25) is 0 Å². The molecule has 1 heterocycles. The molecule has 3 nitrogen and oxygen atoms in total. The Bertz CT molecular complexity index is 116. The summed E-state index contributed by atoms with van der Waals surface area (Å²) in [5.74, 6) is 0.743. The van der Waals surface area contributed by atoms with Crippen LogP contribution < -0.4 is 0 Å². The first kappa shape index (κ1) is 6.39. The van der Waals surface area contributed by atoms with Crippen LogP contribution in [0.15, 0.2) is 5.16 Å². The SMILES string of the molecule is CC(=NO)N1CCCC1. The van der Waals surface area contributed by atoms with Crippen LogP contribution in [0.3, 0.4) is 0 Å². The minimum Gasteiger partial charge on any atom is -0.409 e. The summed E-state index contributed by atoms with van der Waals surface area (Å²) in [6, 6.07) is 0. The predicted molar refractivity (Wildman–Crippen MR) is 35.7 cm³/mol. The molecule has 0 saturated carbocycles. The Morgan fingerprint density at radius 2 is 2.00 bits per heavy atom. The summed E-state index contributed by atoms with van der Waals surface area (Å²) >= 11 is 0. The van der Waals surface area contributed by atoms with E-state index in [2.05, 4.69) is 10.1 Å². The Hall–Kier alpha value is -0.730. The van der Waals surface area contributed by atoms with Crippen LogP contribution in [0.5, 0.6) is 0 Å². The van der Waals surface area contributed by atoms with Crippen LogP contribution in [0, 0.1) is 0 Å². The number of likely N-dealkylation sites (tertiary alicyclic amines) is 1. The van der Waals surface area contributed by atoms with Crippen molar-refractivity contribution >= 4 is 5.84 Å². The molecule has 9 heavy (non-hydrogen) atoms. The number of hydrogen-bond acceptors (Lipinski definition) is 2. The van der Waals surface area contributed by atoms with E-state index in [9.17, 15) is 0 Å². The van der Waals surface area contributed by atoms with Crippen molar-refractivity contribution in [2.45, 2.75) is 19.8 Å².